The van der Waals surface area contributed by atoms with Crippen LogP contribution in [-0.2, 0) is 9.84 Å². The highest BCUT2D eigenvalue weighted by atomic mass is 32.2. The Morgan fingerprint density at radius 3 is 2.26 bits per heavy atom. The molecule has 0 amide bonds. The minimum Gasteiger partial charge on any atom is -0.224 e. The van der Waals surface area contributed by atoms with Gasteiger partial charge >= 0.3 is 6.18 Å². The van der Waals surface area contributed by atoms with E-state index in [9.17, 15) is 30.4 Å². The molecule has 0 N–H and O–H groups in total. The molecule has 0 aliphatic heterocycles. The fraction of sp³-hybridized carbons (Fsp3) is 0.300. The molecule has 0 spiro atoms. The third kappa shape index (κ3) is 3.64. The quantitative estimate of drug-likeness (QED) is 0.636. The molecule has 1 unspecified atom stereocenters. The molecule has 104 valence electrons. The van der Waals surface area contributed by atoms with Crippen molar-refractivity contribution in [3.8, 4) is 6.07 Å². The summed E-state index contributed by atoms with van der Waals surface area (Å²) in [6.45, 7) is 0. The van der Waals surface area contributed by atoms with Crippen molar-refractivity contribution in [3.63, 3.8) is 0 Å². The number of benzene rings is 1. The van der Waals surface area contributed by atoms with E-state index in [2.05, 4.69) is 0 Å². The van der Waals surface area contributed by atoms with Crippen molar-refractivity contribution in [2.45, 2.75) is 11.1 Å². The molecule has 0 bridgehead atoms. The molecular formula is C10H6F5NO2S. The monoisotopic (exact) mass is 299 g/mol. The van der Waals surface area contributed by atoms with Crippen LogP contribution in [0.5, 0.6) is 0 Å². The summed E-state index contributed by atoms with van der Waals surface area (Å²) in [5.41, 5.74) is 0. The van der Waals surface area contributed by atoms with Crippen LogP contribution in [-0.4, -0.2) is 20.3 Å². The first kappa shape index (κ1) is 15.4. The number of rotatable bonds is 3. The van der Waals surface area contributed by atoms with E-state index < -0.39 is 44.2 Å². The van der Waals surface area contributed by atoms with Crippen LogP contribution in [0.3, 0.4) is 0 Å². The lowest BCUT2D eigenvalue weighted by Gasteiger charge is -2.13. The topological polar surface area (TPSA) is 57.9 Å². The summed E-state index contributed by atoms with van der Waals surface area (Å²) < 4.78 is 85.8. The largest absolute Gasteiger partial charge is 0.405 e. The average molecular weight is 299 g/mol. The van der Waals surface area contributed by atoms with Gasteiger partial charge in [0.05, 0.1) is 11.8 Å². The van der Waals surface area contributed by atoms with Crippen molar-refractivity contribution < 1.29 is 30.4 Å². The van der Waals surface area contributed by atoms with Crippen molar-refractivity contribution in [3.05, 3.63) is 29.8 Å². The van der Waals surface area contributed by atoms with Gasteiger partial charge in [-0.2, -0.15) is 18.4 Å². The van der Waals surface area contributed by atoms with Crippen molar-refractivity contribution >= 4 is 9.84 Å². The van der Waals surface area contributed by atoms with E-state index >= 15 is 0 Å². The smallest absolute Gasteiger partial charge is 0.224 e. The van der Waals surface area contributed by atoms with E-state index in [4.69, 9.17) is 5.26 Å². The van der Waals surface area contributed by atoms with Crippen LogP contribution < -0.4 is 0 Å². The van der Waals surface area contributed by atoms with Gasteiger partial charge in [0.25, 0.3) is 0 Å². The third-order valence-electron chi connectivity index (χ3n) is 2.17. The maximum atomic E-state index is 13.2. The standard InChI is InChI=1S/C10H6F5NO2S/c11-7-1-2-9(8(12)3-7)19(17,18)5-6(4-16)10(13,14)15/h1-3,6H,5H2. The SMILES string of the molecule is N#CC(CS(=O)(=O)c1ccc(F)cc1F)C(F)(F)F. The number of halogens is 5. The zero-order chi connectivity index (χ0) is 14.8. The Balaban J connectivity index is 3.16. The van der Waals surface area contributed by atoms with Gasteiger partial charge in [0.2, 0.25) is 0 Å². The number of hydrogen-bond acceptors (Lipinski definition) is 3. The molecular weight excluding hydrogens is 293 g/mol. The summed E-state index contributed by atoms with van der Waals surface area (Å²) in [4.78, 5) is -1.07. The number of nitrogens with zero attached hydrogens (tertiary/aromatic N) is 1. The summed E-state index contributed by atoms with van der Waals surface area (Å²) in [6.07, 6.45) is -5.04. The number of hydrogen-bond donors (Lipinski definition) is 0. The Hall–Kier alpha value is -1.69. The number of sulfone groups is 1. The molecule has 3 nitrogen and oxygen atoms in total. The van der Waals surface area contributed by atoms with Crippen molar-refractivity contribution in [2.24, 2.45) is 5.92 Å². The van der Waals surface area contributed by atoms with Crippen LogP contribution in [0.1, 0.15) is 0 Å². The maximum Gasteiger partial charge on any atom is 0.405 e. The fourth-order valence-electron chi connectivity index (χ4n) is 1.24. The van der Waals surface area contributed by atoms with E-state index in [0.717, 1.165) is 6.07 Å². The van der Waals surface area contributed by atoms with E-state index in [1.807, 2.05) is 0 Å². The maximum absolute atomic E-state index is 13.2. The molecule has 0 saturated heterocycles. The minimum absolute atomic E-state index is 0.238. The fourth-order valence-corrected chi connectivity index (χ4v) is 2.75. The molecule has 0 saturated carbocycles. The second-order valence-electron chi connectivity index (χ2n) is 3.58. The van der Waals surface area contributed by atoms with Crippen molar-refractivity contribution in [1.29, 1.82) is 5.26 Å². The predicted molar refractivity (Wildman–Crippen MR) is 53.6 cm³/mol. The number of alkyl halides is 3. The zero-order valence-electron chi connectivity index (χ0n) is 9.08. The van der Waals surface area contributed by atoms with Gasteiger partial charge < -0.3 is 0 Å². The van der Waals surface area contributed by atoms with Gasteiger partial charge in [0.1, 0.15) is 16.5 Å². The van der Waals surface area contributed by atoms with E-state index in [0.29, 0.717) is 12.1 Å². The highest BCUT2D eigenvalue weighted by Crippen LogP contribution is 2.29. The molecule has 0 aliphatic rings. The molecule has 19 heavy (non-hydrogen) atoms. The van der Waals surface area contributed by atoms with Crippen LogP contribution in [0.25, 0.3) is 0 Å². The van der Waals surface area contributed by atoms with Crippen LogP contribution in [0.4, 0.5) is 22.0 Å². The van der Waals surface area contributed by atoms with Gasteiger partial charge in [-0.25, -0.2) is 17.2 Å². The zero-order valence-corrected chi connectivity index (χ0v) is 9.89. The summed E-state index contributed by atoms with van der Waals surface area (Å²) >= 11 is 0. The Morgan fingerprint density at radius 1 is 1.26 bits per heavy atom. The Bertz CT molecular complexity index is 618. The van der Waals surface area contributed by atoms with Gasteiger partial charge in [-0.3, -0.25) is 0 Å². The summed E-state index contributed by atoms with van der Waals surface area (Å²) in [7, 11) is -4.69. The van der Waals surface area contributed by atoms with Gasteiger partial charge in [-0.05, 0) is 12.1 Å². The predicted octanol–water partition coefficient (Wildman–Crippen LogP) is 2.44. The summed E-state index contributed by atoms with van der Waals surface area (Å²) in [6, 6.07) is 2.16. The van der Waals surface area contributed by atoms with E-state index in [-0.39, 0.29) is 6.07 Å². The molecule has 0 radical (unpaired) electrons. The van der Waals surface area contributed by atoms with Crippen LogP contribution in [0, 0.1) is 28.9 Å². The first-order valence-electron chi connectivity index (χ1n) is 4.72. The molecule has 0 fully saturated rings. The molecule has 1 rings (SSSR count). The van der Waals surface area contributed by atoms with Crippen LogP contribution in [0.2, 0.25) is 0 Å². The molecule has 0 aliphatic carbocycles. The molecule has 0 aromatic heterocycles. The van der Waals surface area contributed by atoms with Crippen molar-refractivity contribution in [2.75, 3.05) is 5.75 Å². The Morgan fingerprint density at radius 2 is 1.84 bits per heavy atom. The second kappa shape index (κ2) is 5.13. The summed E-state index contributed by atoms with van der Waals surface area (Å²) in [5, 5.41) is 8.30. The molecule has 9 heteroatoms. The number of nitriles is 1. The normalized spacial score (nSPS) is 13.9. The molecule has 1 atom stereocenters. The van der Waals surface area contributed by atoms with Crippen molar-refractivity contribution in [1.82, 2.24) is 0 Å². The second-order valence-corrected chi connectivity index (χ2v) is 5.58. The lowest BCUT2D eigenvalue weighted by Crippen LogP contribution is -2.29. The van der Waals surface area contributed by atoms with E-state index in [1.54, 1.807) is 0 Å². The van der Waals surface area contributed by atoms with Gasteiger partial charge in [0, 0.05) is 6.07 Å². The highest BCUT2D eigenvalue weighted by Gasteiger charge is 2.43. The third-order valence-corrected chi connectivity index (χ3v) is 3.94. The van der Waals surface area contributed by atoms with Gasteiger partial charge in [-0.15, -0.1) is 0 Å². The highest BCUT2D eigenvalue weighted by molar-refractivity contribution is 7.91. The minimum atomic E-state index is -5.04. The Kier molecular flexibility index (Phi) is 4.15. The average Bonchev–Trinajstić information content (AvgIpc) is 2.23. The molecule has 1 aromatic rings. The van der Waals surface area contributed by atoms with Gasteiger partial charge in [-0.1, -0.05) is 0 Å². The van der Waals surface area contributed by atoms with E-state index in [1.165, 1.54) is 0 Å². The lowest BCUT2D eigenvalue weighted by atomic mass is 10.2. The lowest BCUT2D eigenvalue weighted by molar-refractivity contribution is -0.153. The van der Waals surface area contributed by atoms with Gasteiger partial charge in [0.15, 0.2) is 15.8 Å². The molecule has 0 heterocycles. The molecule has 1 aromatic carbocycles. The first-order valence-corrected chi connectivity index (χ1v) is 6.37. The van der Waals surface area contributed by atoms with Crippen LogP contribution in [0.15, 0.2) is 23.1 Å². The first-order chi connectivity index (χ1) is 8.58. The van der Waals surface area contributed by atoms with Crippen LogP contribution >= 0.6 is 0 Å². The summed E-state index contributed by atoms with van der Waals surface area (Å²) in [5.74, 6) is -6.96. The Labute approximate surface area is 105 Å².